The van der Waals surface area contributed by atoms with Gasteiger partial charge in [0.25, 0.3) is 0 Å². The Bertz CT molecular complexity index is 452. The third-order valence-electron chi connectivity index (χ3n) is 2.42. The summed E-state index contributed by atoms with van der Waals surface area (Å²) in [5.41, 5.74) is 1.90. The van der Waals surface area contributed by atoms with Crippen LogP contribution in [0.15, 0.2) is 47.4 Å². The average molecular weight is 230 g/mol. The van der Waals surface area contributed by atoms with E-state index in [0.717, 1.165) is 11.3 Å². The molecule has 0 aliphatic heterocycles. The Morgan fingerprint density at radius 2 is 2.12 bits per heavy atom. The SMILES string of the molecule is O=C(CCc1cocn1)NCc1ccccc1. The number of benzene rings is 1. The molecule has 0 unspecified atom stereocenters. The van der Waals surface area contributed by atoms with Crippen LogP contribution < -0.4 is 5.32 Å². The monoisotopic (exact) mass is 230 g/mol. The third kappa shape index (κ3) is 3.75. The molecule has 17 heavy (non-hydrogen) atoms. The molecule has 0 atom stereocenters. The van der Waals surface area contributed by atoms with Gasteiger partial charge in [0.05, 0.1) is 5.69 Å². The maximum absolute atomic E-state index is 11.5. The fraction of sp³-hybridized carbons (Fsp3) is 0.231. The van der Waals surface area contributed by atoms with Crippen molar-refractivity contribution < 1.29 is 9.21 Å². The van der Waals surface area contributed by atoms with Crippen LogP contribution in [0.2, 0.25) is 0 Å². The fourth-order valence-corrected chi connectivity index (χ4v) is 1.49. The lowest BCUT2D eigenvalue weighted by atomic mass is 10.2. The van der Waals surface area contributed by atoms with Gasteiger partial charge in [-0.25, -0.2) is 4.98 Å². The van der Waals surface area contributed by atoms with Gasteiger partial charge in [0.2, 0.25) is 5.91 Å². The van der Waals surface area contributed by atoms with Crippen molar-refractivity contribution in [3.05, 3.63) is 54.2 Å². The molecular weight excluding hydrogens is 216 g/mol. The van der Waals surface area contributed by atoms with Gasteiger partial charge in [0.1, 0.15) is 6.26 Å². The highest BCUT2D eigenvalue weighted by atomic mass is 16.3. The number of carbonyl (C=O) groups excluding carboxylic acids is 1. The first-order valence-electron chi connectivity index (χ1n) is 5.52. The number of nitrogens with zero attached hydrogens (tertiary/aromatic N) is 1. The number of carbonyl (C=O) groups is 1. The summed E-state index contributed by atoms with van der Waals surface area (Å²) in [6.07, 6.45) is 3.97. The van der Waals surface area contributed by atoms with Crippen LogP contribution in [-0.4, -0.2) is 10.9 Å². The zero-order chi connectivity index (χ0) is 11.9. The number of hydrogen-bond acceptors (Lipinski definition) is 3. The lowest BCUT2D eigenvalue weighted by Gasteiger charge is -2.04. The lowest BCUT2D eigenvalue weighted by Crippen LogP contribution is -2.22. The highest BCUT2D eigenvalue weighted by Gasteiger charge is 2.03. The zero-order valence-corrected chi connectivity index (χ0v) is 9.43. The Morgan fingerprint density at radius 1 is 1.29 bits per heavy atom. The summed E-state index contributed by atoms with van der Waals surface area (Å²) in [6, 6.07) is 9.83. The molecule has 2 rings (SSSR count). The number of hydrogen-bond donors (Lipinski definition) is 1. The standard InChI is InChI=1S/C13H14N2O2/c16-13(7-6-12-9-17-10-15-12)14-8-11-4-2-1-3-5-11/h1-5,9-10H,6-8H2,(H,14,16). The molecule has 0 fully saturated rings. The molecular formula is C13H14N2O2. The number of amides is 1. The minimum absolute atomic E-state index is 0.0249. The van der Waals surface area contributed by atoms with Crippen LogP contribution in [-0.2, 0) is 17.8 Å². The van der Waals surface area contributed by atoms with Crippen molar-refractivity contribution in [3.63, 3.8) is 0 Å². The van der Waals surface area contributed by atoms with E-state index in [1.54, 1.807) is 6.26 Å². The van der Waals surface area contributed by atoms with Gasteiger partial charge in [-0.05, 0) is 5.56 Å². The van der Waals surface area contributed by atoms with Gasteiger partial charge in [0.15, 0.2) is 6.39 Å². The summed E-state index contributed by atoms with van der Waals surface area (Å²) in [6.45, 7) is 0.568. The predicted octanol–water partition coefficient (Wildman–Crippen LogP) is 1.92. The van der Waals surface area contributed by atoms with Crippen molar-refractivity contribution in [2.75, 3.05) is 0 Å². The lowest BCUT2D eigenvalue weighted by molar-refractivity contribution is -0.121. The largest absolute Gasteiger partial charge is 0.451 e. The van der Waals surface area contributed by atoms with E-state index in [-0.39, 0.29) is 5.91 Å². The predicted molar refractivity (Wildman–Crippen MR) is 63.1 cm³/mol. The summed E-state index contributed by atoms with van der Waals surface area (Å²) in [5.74, 6) is 0.0249. The van der Waals surface area contributed by atoms with E-state index in [4.69, 9.17) is 4.42 Å². The van der Waals surface area contributed by atoms with E-state index >= 15 is 0 Å². The first kappa shape index (κ1) is 11.4. The molecule has 0 saturated heterocycles. The van der Waals surface area contributed by atoms with Crippen LogP contribution in [0, 0.1) is 0 Å². The quantitative estimate of drug-likeness (QED) is 0.853. The molecule has 1 aromatic carbocycles. The van der Waals surface area contributed by atoms with Crippen molar-refractivity contribution in [3.8, 4) is 0 Å². The Morgan fingerprint density at radius 3 is 2.82 bits per heavy atom. The number of rotatable bonds is 5. The molecule has 88 valence electrons. The molecule has 4 nitrogen and oxygen atoms in total. The number of oxazole rings is 1. The van der Waals surface area contributed by atoms with Gasteiger partial charge in [-0.2, -0.15) is 0 Å². The number of aromatic nitrogens is 1. The second-order valence-corrected chi connectivity index (χ2v) is 3.74. The maximum atomic E-state index is 11.5. The van der Waals surface area contributed by atoms with Crippen LogP contribution in [0.25, 0.3) is 0 Å². The van der Waals surface area contributed by atoms with Crippen molar-refractivity contribution in [1.29, 1.82) is 0 Å². The van der Waals surface area contributed by atoms with Gasteiger partial charge in [-0.1, -0.05) is 30.3 Å². The van der Waals surface area contributed by atoms with Crippen LogP contribution in [0.5, 0.6) is 0 Å². The van der Waals surface area contributed by atoms with Crippen molar-refractivity contribution in [2.24, 2.45) is 0 Å². The zero-order valence-electron chi connectivity index (χ0n) is 9.43. The second kappa shape index (κ2) is 5.84. The van der Waals surface area contributed by atoms with Gasteiger partial charge in [-0.3, -0.25) is 4.79 Å². The highest BCUT2D eigenvalue weighted by molar-refractivity contribution is 5.76. The van der Waals surface area contributed by atoms with Crippen LogP contribution in [0.4, 0.5) is 0 Å². The first-order valence-corrected chi connectivity index (χ1v) is 5.52. The summed E-state index contributed by atoms with van der Waals surface area (Å²) >= 11 is 0. The van der Waals surface area contributed by atoms with Crippen molar-refractivity contribution in [2.45, 2.75) is 19.4 Å². The molecule has 0 radical (unpaired) electrons. The van der Waals surface area contributed by atoms with Crippen LogP contribution in [0.3, 0.4) is 0 Å². The Labute approximate surface area is 99.7 Å². The minimum Gasteiger partial charge on any atom is -0.451 e. The highest BCUT2D eigenvalue weighted by Crippen LogP contribution is 2.00. The first-order chi connectivity index (χ1) is 8.34. The van der Waals surface area contributed by atoms with Crippen molar-refractivity contribution >= 4 is 5.91 Å². The molecule has 1 amide bonds. The van der Waals surface area contributed by atoms with E-state index in [2.05, 4.69) is 10.3 Å². The molecule has 0 bridgehead atoms. The topological polar surface area (TPSA) is 55.1 Å². The Balaban J connectivity index is 1.71. The van der Waals surface area contributed by atoms with Crippen LogP contribution >= 0.6 is 0 Å². The molecule has 0 saturated carbocycles. The average Bonchev–Trinajstić information content (AvgIpc) is 2.88. The molecule has 1 heterocycles. The molecule has 1 aromatic heterocycles. The van der Waals surface area contributed by atoms with E-state index in [1.807, 2.05) is 30.3 Å². The molecule has 0 aliphatic carbocycles. The summed E-state index contributed by atoms with van der Waals surface area (Å²) in [7, 11) is 0. The normalized spacial score (nSPS) is 10.1. The Kier molecular flexibility index (Phi) is 3.91. The fourth-order valence-electron chi connectivity index (χ4n) is 1.49. The second-order valence-electron chi connectivity index (χ2n) is 3.74. The van der Waals surface area contributed by atoms with Gasteiger partial charge < -0.3 is 9.73 Å². The summed E-state index contributed by atoms with van der Waals surface area (Å²) in [5, 5.41) is 2.86. The van der Waals surface area contributed by atoms with E-state index in [9.17, 15) is 4.79 Å². The molecule has 2 aromatic rings. The van der Waals surface area contributed by atoms with Crippen LogP contribution in [0.1, 0.15) is 17.7 Å². The number of nitrogens with one attached hydrogen (secondary N) is 1. The van der Waals surface area contributed by atoms with Crippen molar-refractivity contribution in [1.82, 2.24) is 10.3 Å². The summed E-state index contributed by atoms with van der Waals surface area (Å²) in [4.78, 5) is 15.5. The van der Waals surface area contributed by atoms with E-state index in [0.29, 0.717) is 19.4 Å². The summed E-state index contributed by atoms with van der Waals surface area (Å²) < 4.78 is 4.83. The van der Waals surface area contributed by atoms with E-state index < -0.39 is 0 Å². The molecule has 4 heteroatoms. The van der Waals surface area contributed by atoms with Gasteiger partial charge >= 0.3 is 0 Å². The molecule has 1 N–H and O–H groups in total. The number of aryl methyl sites for hydroxylation is 1. The smallest absolute Gasteiger partial charge is 0.220 e. The molecule has 0 aliphatic rings. The third-order valence-corrected chi connectivity index (χ3v) is 2.42. The van der Waals surface area contributed by atoms with Gasteiger partial charge in [-0.15, -0.1) is 0 Å². The van der Waals surface area contributed by atoms with Gasteiger partial charge in [0, 0.05) is 19.4 Å². The molecule has 0 spiro atoms. The minimum atomic E-state index is 0.0249. The maximum Gasteiger partial charge on any atom is 0.220 e. The Hall–Kier alpha value is -2.10. The van der Waals surface area contributed by atoms with E-state index in [1.165, 1.54) is 6.39 Å².